The van der Waals surface area contributed by atoms with E-state index in [2.05, 4.69) is 15.0 Å². The van der Waals surface area contributed by atoms with E-state index in [1.165, 1.54) is 0 Å². The van der Waals surface area contributed by atoms with E-state index in [0.29, 0.717) is 29.8 Å². The van der Waals surface area contributed by atoms with Crippen molar-refractivity contribution in [2.45, 2.75) is 39.3 Å². The maximum Gasteiger partial charge on any atom is 0.250 e. The van der Waals surface area contributed by atoms with E-state index >= 15 is 0 Å². The van der Waals surface area contributed by atoms with Gasteiger partial charge in [0.1, 0.15) is 5.75 Å². The van der Waals surface area contributed by atoms with Crippen molar-refractivity contribution in [3.63, 3.8) is 0 Å². The molecule has 212 valence electrons. The predicted octanol–water partition coefficient (Wildman–Crippen LogP) is 7.00. The summed E-state index contributed by atoms with van der Waals surface area (Å²) in [6.45, 7) is 4.87. The Kier molecular flexibility index (Phi) is 8.50. The molecule has 0 aliphatic carbocycles. The quantitative estimate of drug-likeness (QED) is 0.0721. The lowest BCUT2D eigenvalue weighted by Gasteiger charge is -2.34. The second kappa shape index (κ2) is 12.6. The van der Waals surface area contributed by atoms with Crippen molar-refractivity contribution in [2.24, 2.45) is 5.11 Å². The van der Waals surface area contributed by atoms with Crippen molar-refractivity contribution >= 4 is 17.8 Å². The molecule has 1 fully saturated rings. The predicted molar refractivity (Wildman–Crippen MR) is 161 cm³/mol. The summed E-state index contributed by atoms with van der Waals surface area (Å²) >= 11 is 0. The molecule has 0 N–H and O–H groups in total. The highest BCUT2D eigenvalue weighted by molar-refractivity contribution is 6.09. The Morgan fingerprint density at radius 1 is 1.12 bits per heavy atom. The first-order valence-corrected chi connectivity index (χ1v) is 13.8. The average molecular weight is 561 g/mol. The fourth-order valence-corrected chi connectivity index (χ4v) is 5.22. The Morgan fingerprint density at radius 3 is 2.48 bits per heavy atom. The molecule has 9 nitrogen and oxygen atoms in total. The van der Waals surface area contributed by atoms with Gasteiger partial charge in [0.05, 0.1) is 37.4 Å². The van der Waals surface area contributed by atoms with E-state index in [1.807, 2.05) is 78.1 Å². The number of piperidine rings is 1. The second-order valence-electron chi connectivity index (χ2n) is 10.3. The molecule has 0 spiro atoms. The number of methoxy groups -OCH3 is 1. The van der Waals surface area contributed by atoms with E-state index in [0.717, 1.165) is 40.1 Å². The Hall–Kier alpha value is -5.14. The number of likely N-dealkylation sites (tertiary alicyclic amines) is 1. The number of hydrogen-bond acceptors (Lipinski definition) is 5. The molecule has 0 radical (unpaired) electrons. The first-order valence-electron chi connectivity index (χ1n) is 13.8. The van der Waals surface area contributed by atoms with Gasteiger partial charge in [-0.2, -0.15) is 0 Å². The molecule has 2 heterocycles. The molecule has 1 aromatic heterocycles. The van der Waals surface area contributed by atoms with Gasteiger partial charge in [-0.25, -0.2) is 4.98 Å². The fourth-order valence-electron chi connectivity index (χ4n) is 5.22. The maximum atomic E-state index is 13.6. The van der Waals surface area contributed by atoms with Crippen molar-refractivity contribution in [1.29, 1.82) is 0 Å². The summed E-state index contributed by atoms with van der Waals surface area (Å²) in [4.78, 5) is 35.5. The van der Waals surface area contributed by atoms with Crippen molar-refractivity contribution in [1.82, 2.24) is 14.5 Å². The van der Waals surface area contributed by atoms with Crippen LogP contribution in [0.5, 0.6) is 5.75 Å². The highest BCUT2D eigenvalue weighted by Gasteiger charge is 2.28. The first-order chi connectivity index (χ1) is 20.4. The Labute approximate surface area is 244 Å². The molecule has 1 saturated heterocycles. The average Bonchev–Trinajstić information content (AvgIpc) is 3.46. The van der Waals surface area contributed by atoms with Crippen molar-refractivity contribution in [3.8, 4) is 11.4 Å². The third-order valence-corrected chi connectivity index (χ3v) is 7.57. The van der Waals surface area contributed by atoms with Crippen LogP contribution in [-0.2, 0) is 11.3 Å². The summed E-state index contributed by atoms with van der Waals surface area (Å²) in [6, 6.07) is 20.3. The van der Waals surface area contributed by atoms with Crippen molar-refractivity contribution in [2.75, 3.05) is 13.7 Å². The third kappa shape index (κ3) is 6.11. The van der Waals surface area contributed by atoms with Crippen LogP contribution in [-0.4, -0.2) is 39.8 Å². The number of ether oxygens (including phenoxy) is 1. The minimum Gasteiger partial charge on any atom is -0.495 e. The van der Waals surface area contributed by atoms with E-state index in [9.17, 15) is 9.59 Å². The molecule has 0 unspecified atom stereocenters. The molecule has 1 aliphatic rings. The number of benzene rings is 3. The molecule has 1 atom stereocenters. The molecule has 1 aliphatic heterocycles. The molecule has 5 rings (SSSR count). The molecule has 0 saturated carbocycles. The van der Waals surface area contributed by atoms with Crippen LogP contribution in [0.2, 0.25) is 0 Å². The van der Waals surface area contributed by atoms with Crippen LogP contribution in [0.4, 0.5) is 0 Å². The fraction of sp³-hybridized carbons (Fsp3) is 0.242. The van der Waals surface area contributed by atoms with Gasteiger partial charge in [0.2, 0.25) is 5.91 Å². The lowest BCUT2D eigenvalue weighted by molar-refractivity contribution is -0.130. The highest BCUT2D eigenvalue weighted by atomic mass is 16.5. The van der Waals surface area contributed by atoms with Gasteiger partial charge >= 0.3 is 0 Å². The van der Waals surface area contributed by atoms with Crippen molar-refractivity contribution < 1.29 is 14.3 Å². The summed E-state index contributed by atoms with van der Waals surface area (Å²) in [5.41, 5.74) is 14.9. The number of rotatable bonds is 9. The number of aromatic nitrogens is 2. The zero-order valence-corrected chi connectivity index (χ0v) is 23.9. The first kappa shape index (κ1) is 28.4. The SMILES string of the molecule is COc1cc(/C=C2\CCCN([C@@H](C)c3ccc(C(=O)c4ccc(CN=[N+]=[N-])cc4)cc3)C2=O)ccc1-n1cnc(C)c1. The van der Waals surface area contributed by atoms with Gasteiger partial charge in [-0.3, -0.25) is 9.59 Å². The Morgan fingerprint density at radius 2 is 1.83 bits per heavy atom. The second-order valence-corrected chi connectivity index (χ2v) is 10.3. The molecule has 4 aromatic rings. The summed E-state index contributed by atoms with van der Waals surface area (Å²) < 4.78 is 7.56. The third-order valence-electron chi connectivity index (χ3n) is 7.57. The minimum absolute atomic E-state index is 0.0167. The minimum atomic E-state index is -0.147. The number of ketones is 1. The van der Waals surface area contributed by atoms with Gasteiger partial charge < -0.3 is 14.2 Å². The lowest BCUT2D eigenvalue weighted by atomic mass is 9.96. The van der Waals surface area contributed by atoms with Gasteiger partial charge in [-0.15, -0.1) is 0 Å². The number of azide groups is 1. The number of imidazole rings is 1. The van der Waals surface area contributed by atoms with E-state index in [1.54, 1.807) is 37.7 Å². The molecular formula is C33H32N6O3. The maximum absolute atomic E-state index is 13.6. The van der Waals surface area contributed by atoms with E-state index in [4.69, 9.17) is 10.3 Å². The molecular weight excluding hydrogens is 528 g/mol. The molecule has 42 heavy (non-hydrogen) atoms. The normalized spacial score (nSPS) is 14.9. The molecule has 1 amide bonds. The summed E-state index contributed by atoms with van der Waals surface area (Å²) in [6.07, 6.45) is 7.23. The van der Waals surface area contributed by atoms with Crippen LogP contribution in [0, 0.1) is 6.92 Å². The largest absolute Gasteiger partial charge is 0.495 e. The van der Waals surface area contributed by atoms with Crippen LogP contribution in [0.3, 0.4) is 0 Å². The molecule has 9 heteroatoms. The van der Waals surface area contributed by atoms with E-state index in [-0.39, 0.29) is 24.3 Å². The van der Waals surface area contributed by atoms with Gasteiger partial charge in [-0.1, -0.05) is 59.7 Å². The topological polar surface area (TPSA) is 113 Å². The van der Waals surface area contributed by atoms with Gasteiger partial charge in [-0.05, 0) is 67.1 Å². The highest BCUT2D eigenvalue weighted by Crippen LogP contribution is 2.31. The number of amides is 1. The Balaban J connectivity index is 1.29. The van der Waals surface area contributed by atoms with Crippen LogP contribution in [0.25, 0.3) is 22.2 Å². The lowest BCUT2D eigenvalue weighted by Crippen LogP contribution is -2.38. The standard InChI is InChI=1S/C33H32N6O3/c1-22-20-38(21-35-22)30-15-8-25(18-31(30)42-3)17-29-5-4-16-39(33(29)41)23(2)26-11-13-28(14-12-26)32(40)27-9-6-24(7-10-27)19-36-37-34/h6-15,17-18,20-21,23H,4-5,16,19H2,1-3H3/b29-17+/t23-/m0/s1. The zero-order valence-electron chi connectivity index (χ0n) is 23.9. The molecule has 3 aromatic carbocycles. The van der Waals surface area contributed by atoms with Crippen LogP contribution < -0.4 is 4.74 Å². The van der Waals surface area contributed by atoms with Crippen molar-refractivity contribution in [3.05, 3.63) is 129 Å². The summed E-state index contributed by atoms with van der Waals surface area (Å²) in [7, 11) is 1.64. The van der Waals surface area contributed by atoms with Crippen LogP contribution in [0.15, 0.2) is 89.9 Å². The zero-order chi connectivity index (χ0) is 29.6. The van der Waals surface area contributed by atoms with Crippen LogP contribution in [0.1, 0.15) is 64.1 Å². The summed E-state index contributed by atoms with van der Waals surface area (Å²) in [5.74, 6) is 0.630. The Bertz CT molecular complexity index is 1680. The van der Waals surface area contributed by atoms with Gasteiger partial charge in [0, 0.05) is 34.4 Å². The number of carbonyl (C=O) groups excluding carboxylic acids is 2. The van der Waals surface area contributed by atoms with Gasteiger partial charge in [0.25, 0.3) is 0 Å². The van der Waals surface area contributed by atoms with Gasteiger partial charge in [0.15, 0.2) is 5.78 Å². The number of hydrogen-bond donors (Lipinski definition) is 0. The van der Waals surface area contributed by atoms with E-state index < -0.39 is 0 Å². The molecule has 0 bridgehead atoms. The monoisotopic (exact) mass is 560 g/mol. The van der Waals surface area contributed by atoms with Crippen LogP contribution >= 0.6 is 0 Å². The smallest absolute Gasteiger partial charge is 0.250 e. The number of carbonyl (C=O) groups is 2. The summed E-state index contributed by atoms with van der Waals surface area (Å²) in [5, 5.41) is 3.55. The number of nitrogens with zero attached hydrogens (tertiary/aromatic N) is 6. The number of aryl methyl sites for hydroxylation is 1.